The second-order valence-electron chi connectivity index (χ2n) is 6.89. The van der Waals surface area contributed by atoms with E-state index in [2.05, 4.69) is 10.0 Å². The van der Waals surface area contributed by atoms with Crippen LogP contribution >= 0.6 is 11.6 Å². The molecule has 35 heavy (non-hydrogen) atoms. The standard InChI is InChI=1S/C21H18ClFN2O8S2/c1-32-18-10-15(21(26)24-13-5-8-16(23)20(9-13)35(29,30)31)17(11-19(18)33-2)25-34(27,28)14-6-3-12(22)4-7-14/h3-11,25H,1-2H3,(H,24,26)(H,29,30,31). The van der Waals surface area contributed by atoms with Crippen molar-refractivity contribution in [3.63, 3.8) is 0 Å². The summed E-state index contributed by atoms with van der Waals surface area (Å²) in [5.41, 5.74) is -0.629. The van der Waals surface area contributed by atoms with Crippen molar-refractivity contribution in [3.05, 3.63) is 71.0 Å². The Hall–Kier alpha value is -3.39. The van der Waals surface area contributed by atoms with Gasteiger partial charge in [-0.1, -0.05) is 11.6 Å². The third-order valence-corrected chi connectivity index (χ3v) is 7.11. The number of methoxy groups -OCH3 is 2. The summed E-state index contributed by atoms with van der Waals surface area (Å²) in [5, 5.41) is 2.65. The van der Waals surface area contributed by atoms with E-state index in [1.807, 2.05) is 0 Å². The normalized spacial score (nSPS) is 11.6. The van der Waals surface area contributed by atoms with Crippen LogP contribution in [0.5, 0.6) is 11.5 Å². The fourth-order valence-corrected chi connectivity index (χ4v) is 4.73. The first-order valence-corrected chi connectivity index (χ1v) is 12.8. The molecule has 0 saturated carbocycles. The van der Waals surface area contributed by atoms with Gasteiger partial charge in [-0.15, -0.1) is 0 Å². The molecule has 3 rings (SSSR count). The van der Waals surface area contributed by atoms with Gasteiger partial charge in [0, 0.05) is 16.8 Å². The van der Waals surface area contributed by atoms with Crippen LogP contribution in [0.2, 0.25) is 5.02 Å². The average Bonchev–Trinajstić information content (AvgIpc) is 2.79. The molecular weight excluding hydrogens is 527 g/mol. The second-order valence-corrected chi connectivity index (χ2v) is 10.4. The molecule has 0 unspecified atom stereocenters. The SMILES string of the molecule is COc1cc(NS(=O)(=O)c2ccc(Cl)cc2)c(C(=O)Nc2ccc(F)c(S(=O)(=O)O)c2)cc1OC. The number of benzene rings is 3. The van der Waals surface area contributed by atoms with Crippen LogP contribution in [0.15, 0.2) is 64.4 Å². The van der Waals surface area contributed by atoms with E-state index in [1.54, 1.807) is 0 Å². The Morgan fingerprint density at radius 2 is 1.54 bits per heavy atom. The van der Waals surface area contributed by atoms with E-state index >= 15 is 0 Å². The number of ether oxygens (including phenoxy) is 2. The highest BCUT2D eigenvalue weighted by molar-refractivity contribution is 7.92. The molecule has 3 N–H and O–H groups in total. The number of hydrogen-bond acceptors (Lipinski definition) is 7. The number of carbonyl (C=O) groups is 1. The minimum atomic E-state index is -4.91. The van der Waals surface area contributed by atoms with Crippen LogP contribution < -0.4 is 19.5 Å². The van der Waals surface area contributed by atoms with Gasteiger partial charge < -0.3 is 14.8 Å². The third kappa shape index (κ3) is 6.00. The smallest absolute Gasteiger partial charge is 0.297 e. The number of nitrogens with one attached hydrogen (secondary N) is 2. The van der Waals surface area contributed by atoms with E-state index in [4.69, 9.17) is 21.1 Å². The highest BCUT2D eigenvalue weighted by Gasteiger charge is 2.23. The summed E-state index contributed by atoms with van der Waals surface area (Å²) in [4.78, 5) is 11.9. The van der Waals surface area contributed by atoms with E-state index in [1.165, 1.54) is 50.6 Å². The fourth-order valence-electron chi connectivity index (χ4n) is 2.95. The van der Waals surface area contributed by atoms with Crippen LogP contribution in [0, 0.1) is 5.82 Å². The molecule has 186 valence electrons. The van der Waals surface area contributed by atoms with E-state index in [-0.39, 0.29) is 33.3 Å². The zero-order chi connectivity index (χ0) is 26.0. The molecule has 0 aliphatic rings. The molecule has 0 spiro atoms. The van der Waals surface area contributed by atoms with Gasteiger partial charge >= 0.3 is 0 Å². The van der Waals surface area contributed by atoms with Gasteiger partial charge in [0.15, 0.2) is 11.5 Å². The molecule has 3 aromatic rings. The zero-order valence-corrected chi connectivity index (χ0v) is 20.5. The lowest BCUT2D eigenvalue weighted by atomic mass is 10.1. The van der Waals surface area contributed by atoms with Crippen molar-refractivity contribution in [1.82, 2.24) is 0 Å². The van der Waals surface area contributed by atoms with Crippen LogP contribution in [0.4, 0.5) is 15.8 Å². The minimum Gasteiger partial charge on any atom is -0.493 e. The molecule has 0 atom stereocenters. The molecule has 1 amide bonds. The molecule has 10 nitrogen and oxygen atoms in total. The number of anilines is 2. The maximum Gasteiger partial charge on any atom is 0.297 e. The molecule has 0 saturated heterocycles. The van der Waals surface area contributed by atoms with Crippen LogP contribution in [0.25, 0.3) is 0 Å². The van der Waals surface area contributed by atoms with Crippen LogP contribution in [-0.4, -0.2) is 41.5 Å². The Kier molecular flexibility index (Phi) is 7.55. The van der Waals surface area contributed by atoms with Crippen LogP contribution in [-0.2, 0) is 20.1 Å². The maximum atomic E-state index is 13.8. The first-order chi connectivity index (χ1) is 16.4. The van der Waals surface area contributed by atoms with Crippen molar-refractivity contribution in [2.24, 2.45) is 0 Å². The lowest BCUT2D eigenvalue weighted by Gasteiger charge is -2.17. The van der Waals surface area contributed by atoms with Crippen molar-refractivity contribution in [2.45, 2.75) is 9.79 Å². The molecule has 0 radical (unpaired) electrons. The Balaban J connectivity index is 2.05. The van der Waals surface area contributed by atoms with Crippen molar-refractivity contribution < 1.29 is 40.0 Å². The Morgan fingerprint density at radius 1 is 0.943 bits per heavy atom. The molecule has 3 aromatic carbocycles. The van der Waals surface area contributed by atoms with Gasteiger partial charge in [0.1, 0.15) is 10.7 Å². The summed E-state index contributed by atoms with van der Waals surface area (Å²) in [6.45, 7) is 0. The number of halogens is 2. The topological polar surface area (TPSA) is 148 Å². The summed E-state index contributed by atoms with van der Waals surface area (Å²) in [7, 11) is -6.48. The monoisotopic (exact) mass is 544 g/mol. The van der Waals surface area contributed by atoms with Crippen molar-refractivity contribution >= 4 is 49.0 Å². The van der Waals surface area contributed by atoms with Gasteiger partial charge in [0.2, 0.25) is 0 Å². The largest absolute Gasteiger partial charge is 0.493 e. The van der Waals surface area contributed by atoms with E-state index in [0.29, 0.717) is 11.1 Å². The molecule has 0 fully saturated rings. The molecular formula is C21H18ClFN2O8S2. The summed E-state index contributed by atoms with van der Waals surface area (Å²) in [5.74, 6) is -1.95. The molecule has 0 heterocycles. The summed E-state index contributed by atoms with van der Waals surface area (Å²) in [6, 6.07) is 10.2. The van der Waals surface area contributed by atoms with Gasteiger partial charge in [0.05, 0.1) is 30.4 Å². The Bertz CT molecular complexity index is 1490. The second kappa shape index (κ2) is 10.1. The average molecular weight is 545 g/mol. The molecule has 0 aromatic heterocycles. The lowest BCUT2D eigenvalue weighted by Crippen LogP contribution is -2.19. The van der Waals surface area contributed by atoms with E-state index in [0.717, 1.165) is 12.1 Å². The zero-order valence-electron chi connectivity index (χ0n) is 18.1. The third-order valence-electron chi connectivity index (χ3n) is 4.60. The van der Waals surface area contributed by atoms with Gasteiger partial charge in [-0.25, -0.2) is 12.8 Å². The molecule has 0 aliphatic carbocycles. The lowest BCUT2D eigenvalue weighted by molar-refractivity contribution is 0.102. The number of hydrogen-bond donors (Lipinski definition) is 3. The summed E-state index contributed by atoms with van der Waals surface area (Å²) in [6.07, 6.45) is 0. The fraction of sp³-hybridized carbons (Fsp3) is 0.0952. The molecule has 14 heteroatoms. The first kappa shape index (κ1) is 26.2. The van der Waals surface area contributed by atoms with Crippen molar-refractivity contribution in [2.75, 3.05) is 24.3 Å². The minimum absolute atomic E-state index is 0.0878. The first-order valence-electron chi connectivity index (χ1n) is 9.48. The highest BCUT2D eigenvalue weighted by atomic mass is 35.5. The van der Waals surface area contributed by atoms with Crippen molar-refractivity contribution in [3.8, 4) is 11.5 Å². The Morgan fingerprint density at radius 3 is 2.11 bits per heavy atom. The molecule has 0 aliphatic heterocycles. The van der Waals surface area contributed by atoms with Crippen LogP contribution in [0.1, 0.15) is 10.4 Å². The quantitative estimate of drug-likeness (QED) is 0.363. The number of sulfonamides is 1. The number of rotatable bonds is 8. The maximum absolute atomic E-state index is 13.8. The van der Waals surface area contributed by atoms with E-state index in [9.17, 15) is 30.6 Å². The highest BCUT2D eigenvalue weighted by Crippen LogP contribution is 2.35. The predicted molar refractivity (Wildman–Crippen MR) is 126 cm³/mol. The molecule has 0 bridgehead atoms. The number of carbonyl (C=O) groups excluding carboxylic acids is 1. The summed E-state index contributed by atoms with van der Waals surface area (Å²) < 4.78 is 84.2. The number of amides is 1. The predicted octanol–water partition coefficient (Wildman–Crippen LogP) is 3.80. The van der Waals surface area contributed by atoms with Gasteiger partial charge in [-0.2, -0.15) is 8.42 Å². The van der Waals surface area contributed by atoms with Gasteiger partial charge in [-0.3, -0.25) is 14.1 Å². The van der Waals surface area contributed by atoms with Crippen molar-refractivity contribution in [1.29, 1.82) is 0 Å². The van der Waals surface area contributed by atoms with Gasteiger partial charge in [0.25, 0.3) is 26.0 Å². The Labute approximate surface area is 205 Å². The van der Waals surface area contributed by atoms with E-state index < -0.39 is 36.8 Å². The van der Waals surface area contributed by atoms with Gasteiger partial charge in [-0.05, 0) is 48.5 Å². The summed E-state index contributed by atoms with van der Waals surface area (Å²) >= 11 is 5.81. The van der Waals surface area contributed by atoms with Crippen LogP contribution in [0.3, 0.4) is 0 Å².